The first-order valence-corrected chi connectivity index (χ1v) is 11.7. The van der Waals surface area contributed by atoms with Crippen molar-refractivity contribution < 1.29 is 4.79 Å². The number of aryl methyl sites for hydroxylation is 1. The van der Waals surface area contributed by atoms with Gasteiger partial charge in [-0.05, 0) is 36.8 Å². The highest BCUT2D eigenvalue weighted by Gasteiger charge is 2.17. The van der Waals surface area contributed by atoms with Gasteiger partial charge in [0.2, 0.25) is 0 Å². The third-order valence-electron chi connectivity index (χ3n) is 4.64. The number of benzene rings is 3. The molecule has 0 aliphatic heterocycles. The second-order valence-electron chi connectivity index (χ2n) is 7.10. The van der Waals surface area contributed by atoms with Gasteiger partial charge in [0.05, 0.1) is 22.0 Å². The lowest BCUT2D eigenvalue weighted by molar-refractivity contribution is -0.118. The van der Waals surface area contributed by atoms with Gasteiger partial charge in [-0.3, -0.25) is 9.36 Å². The lowest BCUT2D eigenvalue weighted by atomic mass is 10.2. The average molecular weight is 496 g/mol. The predicted molar refractivity (Wildman–Crippen MR) is 134 cm³/mol. The van der Waals surface area contributed by atoms with E-state index >= 15 is 0 Å². The SMILES string of the molecule is Cc1ccc(-n2c(SCC(=O)N/N=C\c3ccc(Cl)c(Cl)c3)nnc2-c2ccccc2)cc1. The minimum absolute atomic E-state index is 0.123. The van der Waals surface area contributed by atoms with Crippen LogP contribution in [0.4, 0.5) is 0 Å². The van der Waals surface area contributed by atoms with E-state index in [1.54, 1.807) is 18.2 Å². The van der Waals surface area contributed by atoms with Crippen LogP contribution >= 0.6 is 35.0 Å². The van der Waals surface area contributed by atoms with E-state index in [-0.39, 0.29) is 11.7 Å². The summed E-state index contributed by atoms with van der Waals surface area (Å²) in [5.41, 5.74) is 6.26. The minimum atomic E-state index is -0.268. The van der Waals surface area contributed by atoms with E-state index in [0.717, 1.165) is 22.4 Å². The van der Waals surface area contributed by atoms with Crippen LogP contribution in [0.25, 0.3) is 17.1 Å². The smallest absolute Gasteiger partial charge is 0.250 e. The van der Waals surface area contributed by atoms with E-state index in [4.69, 9.17) is 23.2 Å². The van der Waals surface area contributed by atoms with Crippen molar-refractivity contribution in [3.05, 3.63) is 94.0 Å². The fourth-order valence-corrected chi connectivity index (χ4v) is 4.05. The zero-order valence-electron chi connectivity index (χ0n) is 17.6. The summed E-state index contributed by atoms with van der Waals surface area (Å²) >= 11 is 13.2. The van der Waals surface area contributed by atoms with Crippen LogP contribution in [0.1, 0.15) is 11.1 Å². The topological polar surface area (TPSA) is 72.2 Å². The second kappa shape index (κ2) is 10.7. The van der Waals surface area contributed by atoms with Crippen LogP contribution < -0.4 is 5.43 Å². The number of hydrogen-bond acceptors (Lipinski definition) is 5. The molecule has 4 aromatic rings. The van der Waals surface area contributed by atoms with E-state index in [1.165, 1.54) is 18.0 Å². The molecule has 3 aromatic carbocycles. The Morgan fingerprint density at radius 3 is 2.52 bits per heavy atom. The van der Waals surface area contributed by atoms with Gasteiger partial charge in [0.15, 0.2) is 11.0 Å². The van der Waals surface area contributed by atoms with Gasteiger partial charge >= 0.3 is 0 Å². The van der Waals surface area contributed by atoms with Crippen LogP contribution in [-0.2, 0) is 4.79 Å². The Labute approximate surface area is 205 Å². The third-order valence-corrected chi connectivity index (χ3v) is 6.30. The fraction of sp³-hybridized carbons (Fsp3) is 0.0833. The first kappa shape index (κ1) is 23.0. The van der Waals surface area contributed by atoms with Crippen molar-refractivity contribution in [1.82, 2.24) is 20.2 Å². The molecule has 0 saturated heterocycles. The molecule has 0 aliphatic carbocycles. The Balaban J connectivity index is 1.49. The molecule has 0 saturated carbocycles. The van der Waals surface area contributed by atoms with Gasteiger partial charge in [0.1, 0.15) is 0 Å². The molecule has 1 N–H and O–H groups in total. The number of hydrazone groups is 1. The van der Waals surface area contributed by atoms with Crippen LogP contribution in [0.2, 0.25) is 10.0 Å². The van der Waals surface area contributed by atoms with Gasteiger partial charge in [0, 0.05) is 11.3 Å². The molecule has 0 radical (unpaired) electrons. The van der Waals surface area contributed by atoms with Gasteiger partial charge in [-0.25, -0.2) is 5.43 Å². The summed E-state index contributed by atoms with van der Waals surface area (Å²) in [6, 6.07) is 23.0. The Hall–Kier alpha value is -3.13. The number of thioether (sulfide) groups is 1. The summed E-state index contributed by atoms with van der Waals surface area (Å²) in [6.07, 6.45) is 1.51. The maximum Gasteiger partial charge on any atom is 0.250 e. The summed E-state index contributed by atoms with van der Waals surface area (Å²) in [7, 11) is 0. The van der Waals surface area contributed by atoms with Gasteiger partial charge < -0.3 is 0 Å². The molecule has 0 aliphatic rings. The van der Waals surface area contributed by atoms with Crippen molar-refractivity contribution in [2.75, 3.05) is 5.75 Å². The number of hydrogen-bond donors (Lipinski definition) is 1. The van der Waals surface area contributed by atoms with Crippen molar-refractivity contribution in [3.63, 3.8) is 0 Å². The second-order valence-corrected chi connectivity index (χ2v) is 8.86. The maximum absolute atomic E-state index is 12.3. The highest BCUT2D eigenvalue weighted by molar-refractivity contribution is 7.99. The lowest BCUT2D eigenvalue weighted by Gasteiger charge is -2.10. The van der Waals surface area contributed by atoms with Crippen molar-refractivity contribution in [2.24, 2.45) is 5.10 Å². The fourth-order valence-electron chi connectivity index (χ4n) is 3.00. The molecular formula is C24H19Cl2N5OS. The Morgan fingerprint density at radius 1 is 1.03 bits per heavy atom. The summed E-state index contributed by atoms with van der Waals surface area (Å²) < 4.78 is 1.95. The molecule has 4 rings (SSSR count). The maximum atomic E-state index is 12.3. The highest BCUT2D eigenvalue weighted by atomic mass is 35.5. The van der Waals surface area contributed by atoms with Crippen LogP contribution in [0, 0.1) is 6.92 Å². The van der Waals surface area contributed by atoms with Gasteiger partial charge in [-0.2, -0.15) is 5.10 Å². The van der Waals surface area contributed by atoms with Gasteiger partial charge in [-0.15, -0.1) is 10.2 Å². The molecule has 0 fully saturated rings. The number of nitrogens with one attached hydrogen (secondary N) is 1. The first-order valence-electron chi connectivity index (χ1n) is 9.99. The monoisotopic (exact) mass is 495 g/mol. The summed E-state index contributed by atoms with van der Waals surface area (Å²) in [5.74, 6) is 0.563. The van der Waals surface area contributed by atoms with Crippen molar-refractivity contribution >= 4 is 47.1 Å². The van der Waals surface area contributed by atoms with E-state index in [9.17, 15) is 4.79 Å². The van der Waals surface area contributed by atoms with Crippen LogP contribution in [-0.4, -0.2) is 32.6 Å². The molecule has 1 heterocycles. The standard InChI is InChI=1S/C24H19Cl2N5OS/c1-16-7-10-19(11-8-16)31-23(18-5-3-2-4-6-18)29-30-24(31)33-15-22(32)28-27-14-17-9-12-20(25)21(26)13-17/h2-14H,15H2,1H3,(H,28,32)/b27-14-. The number of carbonyl (C=O) groups excluding carboxylic acids is 1. The average Bonchev–Trinajstić information content (AvgIpc) is 3.25. The molecule has 9 heteroatoms. The van der Waals surface area contributed by atoms with Crippen LogP contribution in [0.5, 0.6) is 0 Å². The number of rotatable bonds is 7. The van der Waals surface area contributed by atoms with Crippen molar-refractivity contribution in [3.8, 4) is 17.1 Å². The van der Waals surface area contributed by atoms with E-state index in [2.05, 4.69) is 20.7 Å². The summed E-state index contributed by atoms with van der Waals surface area (Å²) in [4.78, 5) is 12.3. The van der Waals surface area contributed by atoms with E-state index in [1.807, 2.05) is 66.1 Å². The molecular weight excluding hydrogens is 477 g/mol. The van der Waals surface area contributed by atoms with Crippen LogP contribution in [0.3, 0.4) is 0 Å². The molecule has 166 valence electrons. The Kier molecular flexibility index (Phi) is 7.44. The molecule has 0 atom stereocenters. The van der Waals surface area contributed by atoms with Crippen molar-refractivity contribution in [2.45, 2.75) is 12.1 Å². The molecule has 1 amide bonds. The number of nitrogens with zero attached hydrogens (tertiary/aromatic N) is 4. The van der Waals surface area contributed by atoms with E-state index in [0.29, 0.717) is 21.0 Å². The molecule has 6 nitrogen and oxygen atoms in total. The summed E-state index contributed by atoms with van der Waals surface area (Å²) in [6.45, 7) is 2.03. The molecule has 33 heavy (non-hydrogen) atoms. The summed E-state index contributed by atoms with van der Waals surface area (Å²) in [5, 5.41) is 14.2. The number of halogens is 2. The normalized spacial score (nSPS) is 11.1. The molecule has 0 bridgehead atoms. The van der Waals surface area contributed by atoms with Crippen LogP contribution in [0.15, 0.2) is 83.1 Å². The zero-order chi connectivity index (χ0) is 23.2. The Bertz CT molecular complexity index is 1290. The minimum Gasteiger partial charge on any atom is -0.272 e. The third kappa shape index (κ3) is 5.82. The quantitative estimate of drug-likeness (QED) is 0.200. The molecule has 0 unspecified atom stereocenters. The molecule has 1 aromatic heterocycles. The van der Waals surface area contributed by atoms with Gasteiger partial charge in [-0.1, -0.05) is 89.1 Å². The number of carbonyl (C=O) groups is 1. The number of amides is 1. The number of aromatic nitrogens is 3. The van der Waals surface area contributed by atoms with Gasteiger partial charge in [0.25, 0.3) is 5.91 Å². The first-order chi connectivity index (χ1) is 16.0. The zero-order valence-corrected chi connectivity index (χ0v) is 19.9. The Morgan fingerprint density at radius 2 is 1.79 bits per heavy atom. The largest absolute Gasteiger partial charge is 0.272 e. The van der Waals surface area contributed by atoms with Crippen molar-refractivity contribution in [1.29, 1.82) is 0 Å². The highest BCUT2D eigenvalue weighted by Crippen LogP contribution is 2.28. The molecule has 0 spiro atoms. The van der Waals surface area contributed by atoms with E-state index < -0.39 is 0 Å². The lowest BCUT2D eigenvalue weighted by Crippen LogP contribution is -2.20. The predicted octanol–water partition coefficient (Wildman–Crippen LogP) is 5.79.